The van der Waals surface area contributed by atoms with Gasteiger partial charge in [-0.1, -0.05) is 6.07 Å². The SMILES string of the molecule is O=C(Nc1cc(F)ccc1F)C1CCN(S(=O)(=O)c2ccc3c(c2)CCCC3)CC1. The van der Waals surface area contributed by atoms with Crippen LogP contribution in [0.15, 0.2) is 41.3 Å². The van der Waals surface area contributed by atoms with E-state index in [9.17, 15) is 22.0 Å². The van der Waals surface area contributed by atoms with Crippen molar-refractivity contribution in [2.45, 2.75) is 43.4 Å². The summed E-state index contributed by atoms with van der Waals surface area (Å²) in [6.45, 7) is 0.423. The highest BCUT2D eigenvalue weighted by Crippen LogP contribution is 2.29. The molecule has 1 saturated heterocycles. The molecule has 1 aliphatic carbocycles. The molecule has 1 heterocycles. The van der Waals surface area contributed by atoms with Gasteiger partial charge in [-0.2, -0.15) is 4.31 Å². The Kier molecular flexibility index (Phi) is 5.88. The van der Waals surface area contributed by atoms with Gasteiger partial charge in [0.2, 0.25) is 15.9 Å². The van der Waals surface area contributed by atoms with Gasteiger partial charge in [-0.15, -0.1) is 0 Å². The number of hydrogen-bond donors (Lipinski definition) is 1. The molecular formula is C22H24F2N2O3S. The van der Waals surface area contributed by atoms with E-state index in [4.69, 9.17) is 0 Å². The van der Waals surface area contributed by atoms with Crippen LogP contribution in [0.1, 0.15) is 36.8 Å². The van der Waals surface area contributed by atoms with Crippen molar-refractivity contribution in [3.05, 3.63) is 59.2 Å². The van der Waals surface area contributed by atoms with Gasteiger partial charge in [0.1, 0.15) is 11.6 Å². The second kappa shape index (κ2) is 8.43. The summed E-state index contributed by atoms with van der Waals surface area (Å²) in [5.41, 5.74) is 2.12. The number of nitrogens with zero attached hydrogens (tertiary/aromatic N) is 1. The third-order valence-electron chi connectivity index (χ3n) is 5.97. The topological polar surface area (TPSA) is 66.5 Å². The summed E-state index contributed by atoms with van der Waals surface area (Å²) in [6, 6.07) is 8.24. The minimum Gasteiger partial charge on any atom is -0.323 e. The van der Waals surface area contributed by atoms with Crippen LogP contribution in [0.3, 0.4) is 0 Å². The Morgan fingerprint density at radius 1 is 0.967 bits per heavy atom. The summed E-state index contributed by atoms with van der Waals surface area (Å²) in [4.78, 5) is 12.7. The Balaban J connectivity index is 1.41. The van der Waals surface area contributed by atoms with Gasteiger partial charge in [0.15, 0.2) is 0 Å². The zero-order chi connectivity index (χ0) is 21.3. The van der Waals surface area contributed by atoms with Crippen LogP contribution in [-0.2, 0) is 27.7 Å². The second-order valence-corrected chi connectivity index (χ2v) is 9.87. The number of halogens is 2. The average Bonchev–Trinajstić information content (AvgIpc) is 2.76. The van der Waals surface area contributed by atoms with E-state index in [2.05, 4.69) is 5.32 Å². The predicted octanol–water partition coefficient (Wildman–Crippen LogP) is 3.88. The van der Waals surface area contributed by atoms with Crippen LogP contribution in [-0.4, -0.2) is 31.7 Å². The fourth-order valence-electron chi connectivity index (χ4n) is 4.21. The van der Waals surface area contributed by atoms with E-state index in [1.54, 1.807) is 12.1 Å². The molecule has 0 aromatic heterocycles. The molecule has 0 bridgehead atoms. The Hall–Kier alpha value is -2.32. The maximum absolute atomic E-state index is 13.8. The number of carbonyl (C=O) groups is 1. The smallest absolute Gasteiger partial charge is 0.243 e. The molecule has 2 aromatic rings. The van der Waals surface area contributed by atoms with Gasteiger partial charge >= 0.3 is 0 Å². The monoisotopic (exact) mass is 434 g/mol. The lowest BCUT2D eigenvalue weighted by atomic mass is 9.92. The lowest BCUT2D eigenvalue weighted by Gasteiger charge is -2.31. The number of rotatable bonds is 4. The highest BCUT2D eigenvalue weighted by atomic mass is 32.2. The van der Waals surface area contributed by atoms with Crippen LogP contribution < -0.4 is 5.32 Å². The molecule has 2 aromatic carbocycles. The summed E-state index contributed by atoms with van der Waals surface area (Å²) in [6.07, 6.45) is 4.75. The van der Waals surface area contributed by atoms with Crippen molar-refractivity contribution in [1.82, 2.24) is 4.31 Å². The molecule has 2 aliphatic rings. The van der Waals surface area contributed by atoms with Crippen molar-refractivity contribution in [2.24, 2.45) is 5.92 Å². The number of hydrogen-bond acceptors (Lipinski definition) is 3. The molecule has 30 heavy (non-hydrogen) atoms. The van der Waals surface area contributed by atoms with Crippen LogP contribution in [0.5, 0.6) is 0 Å². The standard InChI is InChI=1S/C22H24F2N2O3S/c23-18-6-8-20(24)21(14-18)25-22(27)16-9-11-26(12-10-16)30(28,29)19-7-5-15-3-1-2-4-17(15)13-19/h5-8,13-14,16H,1-4,9-12H2,(H,25,27). The summed E-state index contributed by atoms with van der Waals surface area (Å²) in [5.74, 6) is -2.23. The number of piperidine rings is 1. The Labute approximate surface area is 175 Å². The van der Waals surface area contributed by atoms with Gasteiger partial charge in [0.25, 0.3) is 0 Å². The largest absolute Gasteiger partial charge is 0.323 e. The first-order chi connectivity index (χ1) is 14.3. The van der Waals surface area contributed by atoms with Gasteiger partial charge in [0, 0.05) is 25.1 Å². The number of sulfonamides is 1. The Morgan fingerprint density at radius 3 is 2.40 bits per heavy atom. The molecule has 4 rings (SSSR count). The van der Waals surface area contributed by atoms with E-state index < -0.39 is 33.5 Å². The number of benzene rings is 2. The van der Waals surface area contributed by atoms with Crippen LogP contribution in [0, 0.1) is 17.6 Å². The molecule has 0 atom stereocenters. The van der Waals surface area contributed by atoms with Gasteiger partial charge < -0.3 is 5.32 Å². The normalized spacial score (nSPS) is 18.1. The fraction of sp³-hybridized carbons (Fsp3) is 0.409. The quantitative estimate of drug-likeness (QED) is 0.794. The molecule has 0 saturated carbocycles. The molecule has 160 valence electrons. The first kappa shape index (κ1) is 20.9. The van der Waals surface area contributed by atoms with Crippen molar-refractivity contribution in [3.8, 4) is 0 Å². The highest BCUT2D eigenvalue weighted by molar-refractivity contribution is 7.89. The third kappa shape index (κ3) is 4.25. The predicted molar refractivity (Wildman–Crippen MR) is 110 cm³/mol. The lowest BCUT2D eigenvalue weighted by molar-refractivity contribution is -0.120. The third-order valence-corrected chi connectivity index (χ3v) is 7.86. The summed E-state index contributed by atoms with van der Waals surface area (Å²) >= 11 is 0. The molecule has 0 unspecified atom stereocenters. The second-order valence-electron chi connectivity index (χ2n) is 7.93. The maximum atomic E-state index is 13.8. The summed E-state index contributed by atoms with van der Waals surface area (Å²) in [7, 11) is -3.62. The van der Waals surface area contributed by atoms with E-state index in [-0.39, 0.29) is 18.8 Å². The molecule has 0 spiro atoms. The molecule has 1 N–H and O–H groups in total. The molecule has 1 fully saturated rings. The molecule has 0 radical (unpaired) electrons. The van der Waals surface area contributed by atoms with E-state index in [0.717, 1.165) is 49.4 Å². The van der Waals surface area contributed by atoms with Crippen molar-refractivity contribution in [2.75, 3.05) is 18.4 Å². The van der Waals surface area contributed by atoms with Gasteiger partial charge in [-0.3, -0.25) is 4.79 Å². The van der Waals surface area contributed by atoms with Crippen LogP contribution in [0.2, 0.25) is 0 Å². The molecule has 1 aliphatic heterocycles. The maximum Gasteiger partial charge on any atom is 0.243 e. The van der Waals surface area contributed by atoms with Crippen molar-refractivity contribution >= 4 is 21.6 Å². The Bertz CT molecular complexity index is 1060. The minimum absolute atomic E-state index is 0.205. The summed E-state index contributed by atoms with van der Waals surface area (Å²) < 4.78 is 54.6. The lowest BCUT2D eigenvalue weighted by Crippen LogP contribution is -2.41. The van der Waals surface area contributed by atoms with E-state index in [1.807, 2.05) is 6.07 Å². The minimum atomic E-state index is -3.62. The van der Waals surface area contributed by atoms with Crippen molar-refractivity contribution < 1.29 is 22.0 Å². The van der Waals surface area contributed by atoms with E-state index in [0.29, 0.717) is 17.7 Å². The molecule has 5 nitrogen and oxygen atoms in total. The highest BCUT2D eigenvalue weighted by Gasteiger charge is 2.32. The number of aryl methyl sites for hydroxylation is 2. The van der Waals surface area contributed by atoms with Crippen molar-refractivity contribution in [1.29, 1.82) is 0 Å². The zero-order valence-corrected chi connectivity index (χ0v) is 17.4. The Morgan fingerprint density at radius 2 is 1.67 bits per heavy atom. The van der Waals surface area contributed by atoms with Gasteiger partial charge in [-0.05, 0) is 73.9 Å². The first-order valence-electron chi connectivity index (χ1n) is 10.2. The van der Waals surface area contributed by atoms with Gasteiger partial charge in [-0.25, -0.2) is 17.2 Å². The van der Waals surface area contributed by atoms with Crippen LogP contribution >= 0.6 is 0 Å². The van der Waals surface area contributed by atoms with E-state index >= 15 is 0 Å². The molecule has 1 amide bonds. The van der Waals surface area contributed by atoms with Crippen LogP contribution in [0.4, 0.5) is 14.5 Å². The van der Waals surface area contributed by atoms with E-state index in [1.165, 1.54) is 9.87 Å². The fourth-order valence-corrected chi connectivity index (χ4v) is 5.73. The number of fused-ring (bicyclic) bond motifs is 1. The van der Waals surface area contributed by atoms with Crippen LogP contribution in [0.25, 0.3) is 0 Å². The van der Waals surface area contributed by atoms with Gasteiger partial charge in [0.05, 0.1) is 10.6 Å². The number of anilines is 1. The van der Waals surface area contributed by atoms with Crippen molar-refractivity contribution in [3.63, 3.8) is 0 Å². The molecule has 8 heteroatoms. The first-order valence-corrected chi connectivity index (χ1v) is 11.7. The zero-order valence-electron chi connectivity index (χ0n) is 16.5. The number of amides is 1. The average molecular weight is 435 g/mol. The number of carbonyl (C=O) groups excluding carboxylic acids is 1. The number of nitrogens with one attached hydrogen (secondary N) is 1. The molecular weight excluding hydrogens is 410 g/mol. The summed E-state index contributed by atoms with van der Waals surface area (Å²) in [5, 5.41) is 2.42.